The van der Waals surface area contributed by atoms with E-state index in [4.69, 9.17) is 15.2 Å². The van der Waals surface area contributed by atoms with E-state index in [1.807, 2.05) is 26.8 Å². The van der Waals surface area contributed by atoms with Gasteiger partial charge in [0.05, 0.1) is 12.3 Å². The van der Waals surface area contributed by atoms with Crippen LogP contribution in [0.15, 0.2) is 24.2 Å². The Labute approximate surface area is 265 Å². The maximum atomic E-state index is 14.1. The Bertz CT molecular complexity index is 1210. The van der Waals surface area contributed by atoms with Crippen LogP contribution in [0.1, 0.15) is 80.1 Å². The van der Waals surface area contributed by atoms with Crippen molar-refractivity contribution in [1.82, 2.24) is 20.9 Å². The molecular weight excluding hydrogens is 582 g/mol. The minimum Gasteiger partial charge on any atom is -0.466 e. The minimum atomic E-state index is -1.12. The highest BCUT2D eigenvalue weighted by molar-refractivity contribution is 6.37. The van der Waals surface area contributed by atoms with Gasteiger partial charge in [-0.25, -0.2) is 4.79 Å². The number of allylic oxidation sites excluding steroid dienone is 2. The molecule has 13 heteroatoms. The SMILES string of the molecule is CC(C)(C)C(NC(=O)NCC(=O)OCC1=CCC=CO1)C(=O)N1C[C@H](C(C)(C)C)CC1C(=O)NC(CC1CCC1)C(=O)C(N)=O. The number of likely N-dealkylation sites (tertiary alicyclic amines) is 1. The fourth-order valence-electron chi connectivity index (χ4n) is 5.57. The summed E-state index contributed by atoms with van der Waals surface area (Å²) < 4.78 is 10.4. The van der Waals surface area contributed by atoms with E-state index in [1.165, 1.54) is 11.2 Å². The second-order valence-electron chi connectivity index (χ2n) is 14.3. The van der Waals surface area contributed by atoms with Crippen LogP contribution in [0.4, 0.5) is 4.79 Å². The number of carbonyl (C=O) groups excluding carboxylic acids is 6. The summed E-state index contributed by atoms with van der Waals surface area (Å²) in [5, 5.41) is 7.85. The Hall–Kier alpha value is -3.90. The molecular formula is C32H49N5O8. The number of carbonyl (C=O) groups is 6. The van der Waals surface area contributed by atoms with Crippen molar-refractivity contribution >= 4 is 35.5 Å². The molecule has 3 rings (SSSR count). The first kappa shape index (κ1) is 35.6. The lowest BCUT2D eigenvalue weighted by molar-refractivity contribution is -0.143. The van der Waals surface area contributed by atoms with E-state index in [0.29, 0.717) is 25.0 Å². The average Bonchev–Trinajstić information content (AvgIpc) is 3.40. The lowest BCUT2D eigenvalue weighted by Gasteiger charge is -2.36. The molecule has 0 aromatic carbocycles. The zero-order valence-electron chi connectivity index (χ0n) is 27.3. The van der Waals surface area contributed by atoms with Crippen molar-refractivity contribution in [2.45, 2.75) is 98.2 Å². The first-order valence-electron chi connectivity index (χ1n) is 15.6. The van der Waals surface area contributed by atoms with Gasteiger partial charge >= 0.3 is 12.0 Å². The molecule has 5 amide bonds. The maximum Gasteiger partial charge on any atom is 0.325 e. The average molecular weight is 632 g/mol. The quantitative estimate of drug-likeness (QED) is 0.186. The number of nitrogens with zero attached hydrogens (tertiary/aromatic N) is 1. The molecule has 1 saturated carbocycles. The van der Waals surface area contributed by atoms with Gasteiger partial charge in [-0.1, -0.05) is 60.8 Å². The number of hydrogen-bond donors (Lipinski definition) is 4. The van der Waals surface area contributed by atoms with Crippen LogP contribution in [-0.4, -0.2) is 78.2 Å². The molecule has 13 nitrogen and oxygen atoms in total. The number of urea groups is 1. The number of Topliss-reactive ketones (excluding diaryl/α,β-unsaturated/α-hetero) is 1. The number of hydrogen-bond acceptors (Lipinski definition) is 8. The highest BCUT2D eigenvalue weighted by atomic mass is 16.6. The molecule has 0 aromatic heterocycles. The fourth-order valence-corrected chi connectivity index (χ4v) is 5.57. The van der Waals surface area contributed by atoms with Gasteiger partial charge in [0.15, 0.2) is 0 Å². The maximum absolute atomic E-state index is 14.1. The van der Waals surface area contributed by atoms with Crippen LogP contribution in [-0.2, 0) is 33.4 Å². The summed E-state index contributed by atoms with van der Waals surface area (Å²) in [7, 11) is 0. The molecule has 0 radical (unpaired) electrons. The second-order valence-corrected chi connectivity index (χ2v) is 14.3. The highest BCUT2D eigenvalue weighted by Crippen LogP contribution is 2.38. The van der Waals surface area contributed by atoms with Gasteiger partial charge in [0.2, 0.25) is 17.6 Å². The molecule has 3 unspecified atom stereocenters. The molecule has 2 aliphatic heterocycles. The largest absolute Gasteiger partial charge is 0.466 e. The highest BCUT2D eigenvalue weighted by Gasteiger charge is 2.48. The first-order chi connectivity index (χ1) is 21.0. The number of nitrogens with one attached hydrogen (secondary N) is 3. The van der Waals surface area contributed by atoms with Crippen molar-refractivity contribution in [2.75, 3.05) is 19.7 Å². The topological polar surface area (TPSA) is 186 Å². The van der Waals surface area contributed by atoms with Gasteiger partial charge in [-0.05, 0) is 54.1 Å². The normalized spacial score (nSPS) is 21.4. The Kier molecular flexibility index (Phi) is 11.8. The summed E-state index contributed by atoms with van der Waals surface area (Å²) in [5.74, 6) is -3.04. The van der Waals surface area contributed by atoms with Crippen molar-refractivity contribution in [2.24, 2.45) is 28.4 Å². The Balaban J connectivity index is 1.71. The van der Waals surface area contributed by atoms with Crippen LogP contribution in [0, 0.1) is 22.7 Å². The van der Waals surface area contributed by atoms with Gasteiger partial charge in [0, 0.05) is 6.54 Å². The van der Waals surface area contributed by atoms with Gasteiger partial charge in [-0.15, -0.1) is 0 Å². The number of amides is 5. The van der Waals surface area contributed by atoms with Gasteiger partial charge in [0.25, 0.3) is 5.91 Å². The molecule has 0 spiro atoms. The van der Waals surface area contributed by atoms with Crippen LogP contribution in [0.3, 0.4) is 0 Å². The molecule has 2 heterocycles. The molecule has 2 fully saturated rings. The van der Waals surface area contributed by atoms with E-state index < -0.39 is 65.6 Å². The van der Waals surface area contributed by atoms with E-state index in [2.05, 4.69) is 16.0 Å². The van der Waals surface area contributed by atoms with E-state index in [-0.39, 0.29) is 30.4 Å². The van der Waals surface area contributed by atoms with Crippen LogP contribution in [0.25, 0.3) is 0 Å². The fraction of sp³-hybridized carbons (Fsp3) is 0.688. The smallest absolute Gasteiger partial charge is 0.325 e. The van der Waals surface area contributed by atoms with Gasteiger partial charge < -0.3 is 36.1 Å². The third-order valence-electron chi connectivity index (χ3n) is 8.74. The summed E-state index contributed by atoms with van der Waals surface area (Å²) in [6.07, 6.45) is 9.23. The molecule has 0 bridgehead atoms. The van der Waals surface area contributed by atoms with Crippen molar-refractivity contribution < 1.29 is 38.2 Å². The number of rotatable bonds is 12. The number of ketones is 1. The van der Waals surface area contributed by atoms with Crippen molar-refractivity contribution in [3.05, 3.63) is 24.2 Å². The molecule has 0 aromatic rings. The lowest BCUT2D eigenvalue weighted by Crippen LogP contribution is -2.60. The molecule has 1 aliphatic carbocycles. The van der Waals surface area contributed by atoms with Crippen molar-refractivity contribution in [3.8, 4) is 0 Å². The Morgan fingerprint density at radius 1 is 1.07 bits per heavy atom. The van der Waals surface area contributed by atoms with E-state index >= 15 is 0 Å². The predicted molar refractivity (Wildman–Crippen MR) is 165 cm³/mol. The molecule has 4 atom stereocenters. The van der Waals surface area contributed by atoms with Crippen LogP contribution in [0.2, 0.25) is 0 Å². The summed E-state index contributed by atoms with van der Waals surface area (Å²) in [5.41, 5.74) is 4.27. The van der Waals surface area contributed by atoms with Crippen LogP contribution in [0.5, 0.6) is 0 Å². The summed E-state index contributed by atoms with van der Waals surface area (Å²) in [6, 6.07) is -3.81. The second kappa shape index (κ2) is 14.9. The number of ether oxygens (including phenoxy) is 2. The Morgan fingerprint density at radius 2 is 1.76 bits per heavy atom. The van der Waals surface area contributed by atoms with Gasteiger partial charge in [-0.3, -0.25) is 24.0 Å². The number of nitrogens with two attached hydrogens (primary N) is 1. The first-order valence-corrected chi connectivity index (χ1v) is 15.6. The summed E-state index contributed by atoms with van der Waals surface area (Å²) in [6.45, 7) is 11.2. The zero-order valence-corrected chi connectivity index (χ0v) is 27.3. The molecule has 45 heavy (non-hydrogen) atoms. The third-order valence-corrected chi connectivity index (χ3v) is 8.74. The van der Waals surface area contributed by atoms with E-state index in [0.717, 1.165) is 19.3 Å². The minimum absolute atomic E-state index is 0.0583. The monoisotopic (exact) mass is 631 g/mol. The van der Waals surface area contributed by atoms with Gasteiger partial charge in [0.1, 0.15) is 31.0 Å². The molecule has 1 saturated heterocycles. The van der Waals surface area contributed by atoms with E-state index in [9.17, 15) is 28.8 Å². The standard InChI is InChI=1S/C32H49N5O8/c1-31(2,3)20-15-23(28(41)35-22(25(39)27(33)40)14-19-10-9-11-19)37(17-20)29(42)26(32(4,5)6)36-30(43)34-16-24(38)45-18-21-12-7-8-13-44-21/h8,12-13,19-20,22-23,26H,7,9-11,14-18H2,1-6H3,(H2,33,40)(H,35,41)(H2,34,36,43)/t20-,22?,23?,26?/m1/s1. The zero-order chi connectivity index (χ0) is 33.5. The molecule has 3 aliphatic rings. The molecule has 250 valence electrons. The number of primary amides is 1. The van der Waals surface area contributed by atoms with E-state index in [1.54, 1.807) is 26.8 Å². The van der Waals surface area contributed by atoms with Crippen molar-refractivity contribution in [3.63, 3.8) is 0 Å². The number of esters is 1. The van der Waals surface area contributed by atoms with Gasteiger partial charge in [-0.2, -0.15) is 0 Å². The molecule has 5 N–H and O–H groups in total. The third kappa shape index (κ3) is 10.1. The Morgan fingerprint density at radius 3 is 2.29 bits per heavy atom. The van der Waals surface area contributed by atoms with Crippen molar-refractivity contribution in [1.29, 1.82) is 0 Å². The lowest BCUT2D eigenvalue weighted by atomic mass is 9.79. The predicted octanol–water partition coefficient (Wildman–Crippen LogP) is 2.05. The summed E-state index contributed by atoms with van der Waals surface area (Å²) in [4.78, 5) is 78.8. The van der Waals surface area contributed by atoms with Crippen LogP contribution < -0.4 is 21.7 Å². The van der Waals surface area contributed by atoms with Crippen LogP contribution >= 0.6 is 0 Å². The summed E-state index contributed by atoms with van der Waals surface area (Å²) >= 11 is 0.